The SMILES string of the molecule is CN1C(=O)CC(C2C(=O)N(C)C(=O)C2C2C(=O)N(C)C(=O)C2C2C(=O)N(C)C(=O)C2C2C(=O)N(C)C(=O)C2C2C(=O)N(C)C(=O)C2C2CC(=O)N(C)C2=O)C1=O. The molecule has 296 valence electrons. The Morgan fingerprint density at radius 3 is 0.571 bits per heavy atom. The zero-order chi connectivity index (χ0) is 41.5. The van der Waals surface area contributed by atoms with Crippen LogP contribution in [0, 0.1) is 71.0 Å². The molecule has 21 nitrogen and oxygen atoms in total. The molecule has 7 rings (SSSR count). The molecule has 56 heavy (non-hydrogen) atoms. The predicted octanol–water partition coefficient (Wildman–Crippen LogP) is -4.85. The van der Waals surface area contributed by atoms with E-state index in [4.69, 9.17) is 0 Å². The Morgan fingerprint density at radius 2 is 0.411 bits per heavy atom. The normalized spacial score (nSPS) is 38.4. The molecule has 0 aromatic carbocycles. The fraction of sp³-hybridized carbons (Fsp3) is 0.600. The molecule has 0 N–H and O–H groups in total. The van der Waals surface area contributed by atoms with Gasteiger partial charge in [0.1, 0.15) is 0 Å². The highest BCUT2D eigenvalue weighted by Gasteiger charge is 2.71. The molecule has 7 aliphatic rings. The molecule has 0 aromatic rings. The van der Waals surface area contributed by atoms with Crippen LogP contribution < -0.4 is 0 Å². The van der Waals surface area contributed by atoms with Crippen molar-refractivity contribution in [2.45, 2.75) is 12.8 Å². The Hall–Kier alpha value is -6.02. The van der Waals surface area contributed by atoms with Crippen molar-refractivity contribution in [2.24, 2.45) is 71.0 Å². The maximum absolute atomic E-state index is 14.3. The van der Waals surface area contributed by atoms with E-state index in [-0.39, 0.29) is 0 Å². The number of hydrogen-bond acceptors (Lipinski definition) is 14. The van der Waals surface area contributed by atoms with E-state index in [0.29, 0.717) is 24.5 Å². The second-order valence-electron chi connectivity index (χ2n) is 15.6. The first-order valence-corrected chi connectivity index (χ1v) is 17.8. The van der Waals surface area contributed by atoms with Gasteiger partial charge in [-0.25, -0.2) is 0 Å². The van der Waals surface area contributed by atoms with Gasteiger partial charge in [0.2, 0.25) is 82.7 Å². The van der Waals surface area contributed by atoms with Crippen LogP contribution in [0.15, 0.2) is 0 Å². The number of nitrogens with zero attached hydrogens (tertiary/aromatic N) is 7. The van der Waals surface area contributed by atoms with E-state index >= 15 is 0 Å². The van der Waals surface area contributed by atoms with Crippen LogP contribution in [-0.4, -0.2) is 166 Å². The molecule has 7 fully saturated rings. The van der Waals surface area contributed by atoms with Gasteiger partial charge in [-0.15, -0.1) is 0 Å². The molecule has 0 radical (unpaired) electrons. The summed E-state index contributed by atoms with van der Waals surface area (Å²) < 4.78 is 0. The summed E-state index contributed by atoms with van der Waals surface area (Å²) in [5.41, 5.74) is 0. The smallest absolute Gasteiger partial charge is 0.233 e. The van der Waals surface area contributed by atoms with Gasteiger partial charge in [0, 0.05) is 62.2 Å². The lowest BCUT2D eigenvalue weighted by molar-refractivity contribution is -0.145. The van der Waals surface area contributed by atoms with Gasteiger partial charge in [-0.3, -0.25) is 101 Å². The van der Waals surface area contributed by atoms with E-state index in [2.05, 4.69) is 0 Å². The largest absolute Gasteiger partial charge is 0.285 e. The predicted molar refractivity (Wildman–Crippen MR) is 176 cm³/mol. The molecule has 7 aliphatic heterocycles. The number of likely N-dealkylation sites (tertiary alicyclic amines) is 7. The van der Waals surface area contributed by atoms with Crippen LogP contribution in [0.2, 0.25) is 0 Å². The highest BCUT2D eigenvalue weighted by atomic mass is 16.2. The van der Waals surface area contributed by atoms with E-state index in [1.54, 1.807) is 0 Å². The second kappa shape index (κ2) is 12.5. The van der Waals surface area contributed by atoms with Gasteiger partial charge < -0.3 is 0 Å². The summed E-state index contributed by atoms with van der Waals surface area (Å²) in [7, 11) is 7.61. The van der Waals surface area contributed by atoms with E-state index in [1.165, 1.54) is 14.1 Å². The van der Waals surface area contributed by atoms with Gasteiger partial charge in [0.15, 0.2) is 0 Å². The minimum Gasteiger partial charge on any atom is -0.285 e. The molecule has 12 unspecified atom stereocenters. The Bertz CT molecular complexity index is 1920. The first-order valence-electron chi connectivity index (χ1n) is 17.8. The third kappa shape index (κ3) is 4.71. The molecule has 0 aromatic heterocycles. The topological polar surface area (TPSA) is 262 Å². The lowest BCUT2D eigenvalue weighted by Gasteiger charge is -2.33. The highest BCUT2D eigenvalue weighted by Crippen LogP contribution is 2.55. The van der Waals surface area contributed by atoms with Crippen LogP contribution in [0.1, 0.15) is 12.8 Å². The zero-order valence-electron chi connectivity index (χ0n) is 31.2. The molecule has 0 saturated carbocycles. The lowest BCUT2D eigenvalue weighted by atomic mass is 9.62. The van der Waals surface area contributed by atoms with Crippen molar-refractivity contribution in [3.63, 3.8) is 0 Å². The maximum Gasteiger partial charge on any atom is 0.233 e. The molecule has 0 aliphatic carbocycles. The average Bonchev–Trinajstić information content (AvgIpc) is 3.90. The van der Waals surface area contributed by atoms with Gasteiger partial charge in [-0.05, 0) is 0 Å². The van der Waals surface area contributed by atoms with Gasteiger partial charge in [0.05, 0.1) is 71.0 Å². The quantitative estimate of drug-likeness (QED) is 0.229. The lowest BCUT2D eigenvalue weighted by Crippen LogP contribution is -2.47. The van der Waals surface area contributed by atoms with Crippen LogP contribution in [0.4, 0.5) is 0 Å². The van der Waals surface area contributed by atoms with E-state index in [0.717, 1.165) is 45.0 Å². The summed E-state index contributed by atoms with van der Waals surface area (Å²) in [6.07, 6.45) is -1.02. The summed E-state index contributed by atoms with van der Waals surface area (Å²) in [4.78, 5) is 196. The number of imide groups is 7. The molecular formula is C35H37N7O14. The Morgan fingerprint density at radius 1 is 0.250 bits per heavy atom. The number of carbonyl (C=O) groups is 14. The van der Waals surface area contributed by atoms with Crippen molar-refractivity contribution in [1.82, 2.24) is 34.3 Å². The third-order valence-electron chi connectivity index (χ3n) is 13.3. The fourth-order valence-corrected chi connectivity index (χ4v) is 10.3. The van der Waals surface area contributed by atoms with Crippen LogP contribution in [0.5, 0.6) is 0 Å². The van der Waals surface area contributed by atoms with E-state index in [9.17, 15) is 67.1 Å². The summed E-state index contributed by atoms with van der Waals surface area (Å²) in [6, 6.07) is 0. The molecule has 0 bridgehead atoms. The van der Waals surface area contributed by atoms with Crippen molar-refractivity contribution in [1.29, 1.82) is 0 Å². The summed E-state index contributed by atoms with van der Waals surface area (Å²) in [5.74, 6) is -34.7. The van der Waals surface area contributed by atoms with Crippen molar-refractivity contribution in [2.75, 3.05) is 49.3 Å². The van der Waals surface area contributed by atoms with Crippen molar-refractivity contribution >= 4 is 82.7 Å². The van der Waals surface area contributed by atoms with Gasteiger partial charge in [-0.2, -0.15) is 0 Å². The van der Waals surface area contributed by atoms with Crippen LogP contribution >= 0.6 is 0 Å². The van der Waals surface area contributed by atoms with Gasteiger partial charge >= 0.3 is 0 Å². The summed E-state index contributed by atoms with van der Waals surface area (Å²) >= 11 is 0. The molecule has 21 heteroatoms. The molecule has 7 saturated heterocycles. The average molecular weight is 780 g/mol. The number of carbonyl (C=O) groups excluding carboxylic acids is 14. The minimum atomic E-state index is -1.98. The number of rotatable bonds is 6. The molecule has 0 spiro atoms. The number of hydrogen-bond donors (Lipinski definition) is 0. The standard InChI is InChI=1S/C35H37N7O14/c1-36-12(43)8-10(24(36)45)14-16(28(49)38(3)26(14)47)18-20(32(53)40(5)30(18)51)22-23(35(56)42(7)34(22)55)21-19(31(52)41(6)33(21)54)17-15(27(48)39(4)29(17)50)11-9-13(44)37(2)25(11)46/h10-11,14-23H,8-9H2,1-7H3. The maximum atomic E-state index is 14.3. The molecule has 7 heterocycles. The Labute approximate surface area is 317 Å². The zero-order valence-corrected chi connectivity index (χ0v) is 31.2. The fourth-order valence-electron chi connectivity index (χ4n) is 10.3. The van der Waals surface area contributed by atoms with Crippen molar-refractivity contribution < 1.29 is 67.1 Å². The first kappa shape index (κ1) is 38.3. The van der Waals surface area contributed by atoms with Crippen LogP contribution in [0.3, 0.4) is 0 Å². The van der Waals surface area contributed by atoms with E-state index in [1.807, 2.05) is 0 Å². The molecular weight excluding hydrogens is 742 g/mol. The van der Waals surface area contributed by atoms with Gasteiger partial charge in [0.25, 0.3) is 0 Å². The first-order chi connectivity index (χ1) is 26.1. The molecule has 12 atom stereocenters. The summed E-state index contributed by atoms with van der Waals surface area (Å²) in [6.45, 7) is 0. The second-order valence-corrected chi connectivity index (χ2v) is 15.6. The van der Waals surface area contributed by atoms with Crippen LogP contribution in [-0.2, 0) is 67.1 Å². The molecule has 14 amide bonds. The Balaban J connectivity index is 1.36. The van der Waals surface area contributed by atoms with Crippen molar-refractivity contribution in [3.8, 4) is 0 Å². The summed E-state index contributed by atoms with van der Waals surface area (Å²) in [5, 5.41) is 0. The highest BCUT2D eigenvalue weighted by molar-refractivity contribution is 6.18. The van der Waals surface area contributed by atoms with E-state index < -0.39 is 167 Å². The minimum absolute atomic E-state index is 0.508. The van der Waals surface area contributed by atoms with Crippen LogP contribution in [0.25, 0.3) is 0 Å². The Kier molecular flexibility index (Phi) is 8.54. The van der Waals surface area contributed by atoms with Crippen molar-refractivity contribution in [3.05, 3.63) is 0 Å². The monoisotopic (exact) mass is 779 g/mol. The van der Waals surface area contributed by atoms with Gasteiger partial charge in [-0.1, -0.05) is 0 Å². The third-order valence-corrected chi connectivity index (χ3v) is 13.3. The number of amides is 14.